The number of Topliss-reactive ketones (excluding diaryl/α,β-unsaturated/α-hetero) is 1. The first-order chi connectivity index (χ1) is 10.7. The molecule has 0 aliphatic heterocycles. The number of benzene rings is 2. The van der Waals surface area contributed by atoms with Gasteiger partial charge >= 0.3 is 0 Å². The molecular formula is C18H17N3O. The maximum atomic E-state index is 12.9. The van der Waals surface area contributed by atoms with E-state index in [-0.39, 0.29) is 5.78 Å². The lowest BCUT2D eigenvalue weighted by atomic mass is 10.0. The van der Waals surface area contributed by atoms with E-state index in [9.17, 15) is 4.79 Å². The third-order valence-corrected chi connectivity index (χ3v) is 3.46. The summed E-state index contributed by atoms with van der Waals surface area (Å²) in [5.41, 5.74) is 3.38. The number of ketones is 1. The SMILES string of the molecule is CC(C)=CC(C(=O)c1ccccc1)n1nnc2ccccc21. The third kappa shape index (κ3) is 2.68. The summed E-state index contributed by atoms with van der Waals surface area (Å²) >= 11 is 0. The highest BCUT2D eigenvalue weighted by molar-refractivity contribution is 6.00. The Kier molecular flexibility index (Phi) is 3.83. The van der Waals surface area contributed by atoms with E-state index in [1.54, 1.807) is 4.68 Å². The predicted molar refractivity (Wildman–Crippen MR) is 86.8 cm³/mol. The molecular weight excluding hydrogens is 274 g/mol. The van der Waals surface area contributed by atoms with Crippen molar-refractivity contribution in [1.82, 2.24) is 15.0 Å². The second-order valence-corrected chi connectivity index (χ2v) is 5.44. The molecule has 0 spiro atoms. The van der Waals surface area contributed by atoms with Crippen LogP contribution in [-0.2, 0) is 0 Å². The Morgan fingerprint density at radius 2 is 1.73 bits per heavy atom. The van der Waals surface area contributed by atoms with Crippen LogP contribution in [0, 0.1) is 0 Å². The molecule has 4 heteroatoms. The minimum Gasteiger partial charge on any atom is -0.291 e. The summed E-state index contributed by atoms with van der Waals surface area (Å²) in [6.07, 6.45) is 1.93. The topological polar surface area (TPSA) is 47.8 Å². The lowest BCUT2D eigenvalue weighted by Crippen LogP contribution is -2.19. The van der Waals surface area contributed by atoms with Crippen LogP contribution in [0.2, 0.25) is 0 Å². The molecule has 0 bridgehead atoms. The largest absolute Gasteiger partial charge is 0.291 e. The number of fused-ring (bicyclic) bond motifs is 1. The van der Waals surface area contributed by atoms with Gasteiger partial charge < -0.3 is 0 Å². The zero-order chi connectivity index (χ0) is 15.5. The van der Waals surface area contributed by atoms with Gasteiger partial charge in [-0.3, -0.25) is 4.79 Å². The molecule has 3 aromatic rings. The number of carbonyl (C=O) groups is 1. The molecule has 0 N–H and O–H groups in total. The molecule has 2 aromatic carbocycles. The van der Waals surface area contributed by atoms with E-state index in [1.165, 1.54) is 0 Å². The fourth-order valence-corrected chi connectivity index (χ4v) is 2.44. The summed E-state index contributed by atoms with van der Waals surface area (Å²) in [4.78, 5) is 12.9. The number of rotatable bonds is 4. The molecule has 3 rings (SSSR count). The average Bonchev–Trinajstić information content (AvgIpc) is 2.96. The van der Waals surface area contributed by atoms with Gasteiger partial charge in [0.05, 0.1) is 5.52 Å². The van der Waals surface area contributed by atoms with Crippen molar-refractivity contribution in [3.8, 4) is 0 Å². The van der Waals surface area contributed by atoms with Crippen LogP contribution in [0.5, 0.6) is 0 Å². The summed E-state index contributed by atoms with van der Waals surface area (Å²) in [6.45, 7) is 3.95. The number of hydrogen-bond donors (Lipinski definition) is 0. The molecule has 0 fully saturated rings. The van der Waals surface area contributed by atoms with E-state index >= 15 is 0 Å². The lowest BCUT2D eigenvalue weighted by molar-refractivity contribution is 0.0944. The van der Waals surface area contributed by atoms with Gasteiger partial charge in [0.2, 0.25) is 0 Å². The van der Waals surface area contributed by atoms with Crippen LogP contribution >= 0.6 is 0 Å². The highest BCUT2D eigenvalue weighted by atomic mass is 16.1. The van der Waals surface area contributed by atoms with Gasteiger partial charge in [-0.05, 0) is 26.0 Å². The molecule has 0 amide bonds. The van der Waals surface area contributed by atoms with Crippen LogP contribution in [-0.4, -0.2) is 20.8 Å². The molecule has 0 saturated carbocycles. The van der Waals surface area contributed by atoms with Crippen LogP contribution in [0.25, 0.3) is 11.0 Å². The van der Waals surface area contributed by atoms with Crippen molar-refractivity contribution in [1.29, 1.82) is 0 Å². The Morgan fingerprint density at radius 1 is 1.05 bits per heavy atom. The monoisotopic (exact) mass is 291 g/mol. The molecule has 0 aliphatic rings. The zero-order valence-corrected chi connectivity index (χ0v) is 12.6. The lowest BCUT2D eigenvalue weighted by Gasteiger charge is -2.14. The Labute approximate surface area is 129 Å². The van der Waals surface area contributed by atoms with Crippen LogP contribution in [0.4, 0.5) is 0 Å². The van der Waals surface area contributed by atoms with E-state index in [4.69, 9.17) is 0 Å². The summed E-state index contributed by atoms with van der Waals surface area (Å²) < 4.78 is 1.69. The maximum Gasteiger partial charge on any atom is 0.191 e. The molecule has 0 radical (unpaired) electrons. The van der Waals surface area contributed by atoms with Crippen molar-refractivity contribution < 1.29 is 4.79 Å². The maximum absolute atomic E-state index is 12.9. The Bertz CT molecular complexity index is 830. The van der Waals surface area contributed by atoms with E-state index in [0.29, 0.717) is 5.56 Å². The fourth-order valence-electron chi connectivity index (χ4n) is 2.44. The van der Waals surface area contributed by atoms with Gasteiger partial charge in [-0.25, -0.2) is 4.68 Å². The Balaban J connectivity index is 2.11. The second kappa shape index (κ2) is 5.93. The van der Waals surface area contributed by atoms with Gasteiger partial charge in [0.25, 0.3) is 0 Å². The van der Waals surface area contributed by atoms with Gasteiger partial charge in [-0.15, -0.1) is 5.10 Å². The molecule has 1 heterocycles. The summed E-state index contributed by atoms with van der Waals surface area (Å²) in [6, 6.07) is 16.5. The van der Waals surface area contributed by atoms with Gasteiger partial charge in [0, 0.05) is 5.56 Å². The fraction of sp³-hybridized carbons (Fsp3) is 0.167. The number of aromatic nitrogens is 3. The number of hydrogen-bond acceptors (Lipinski definition) is 3. The van der Waals surface area contributed by atoms with Crippen LogP contribution < -0.4 is 0 Å². The highest BCUT2D eigenvalue weighted by Crippen LogP contribution is 2.21. The first-order valence-corrected chi connectivity index (χ1v) is 7.21. The molecule has 1 atom stereocenters. The second-order valence-electron chi connectivity index (χ2n) is 5.44. The van der Waals surface area contributed by atoms with Gasteiger partial charge in [-0.2, -0.15) is 0 Å². The molecule has 0 aliphatic carbocycles. The minimum absolute atomic E-state index is 0.0115. The van der Waals surface area contributed by atoms with Gasteiger partial charge in [0.15, 0.2) is 5.78 Å². The molecule has 0 saturated heterocycles. The number of carbonyl (C=O) groups excluding carboxylic acids is 1. The molecule has 4 nitrogen and oxygen atoms in total. The van der Waals surface area contributed by atoms with Crippen molar-refractivity contribution in [2.24, 2.45) is 0 Å². The van der Waals surface area contributed by atoms with E-state index in [0.717, 1.165) is 16.6 Å². The number of allylic oxidation sites excluding steroid dienone is 2. The summed E-state index contributed by atoms with van der Waals surface area (Å²) in [5, 5.41) is 8.35. The smallest absolute Gasteiger partial charge is 0.191 e. The normalized spacial score (nSPS) is 12.1. The van der Waals surface area contributed by atoms with Crippen molar-refractivity contribution in [3.63, 3.8) is 0 Å². The van der Waals surface area contributed by atoms with Crippen molar-refractivity contribution in [3.05, 3.63) is 71.8 Å². The van der Waals surface area contributed by atoms with E-state index in [1.807, 2.05) is 74.5 Å². The van der Waals surface area contributed by atoms with Crippen LogP contribution in [0.1, 0.15) is 30.2 Å². The van der Waals surface area contributed by atoms with Crippen molar-refractivity contribution >= 4 is 16.8 Å². The van der Waals surface area contributed by atoms with Gasteiger partial charge in [0.1, 0.15) is 11.6 Å². The quantitative estimate of drug-likeness (QED) is 0.542. The van der Waals surface area contributed by atoms with E-state index in [2.05, 4.69) is 10.3 Å². The Morgan fingerprint density at radius 3 is 2.45 bits per heavy atom. The molecule has 1 aromatic heterocycles. The van der Waals surface area contributed by atoms with Crippen LogP contribution in [0.15, 0.2) is 66.2 Å². The molecule has 22 heavy (non-hydrogen) atoms. The summed E-state index contributed by atoms with van der Waals surface area (Å²) in [5.74, 6) is 0.0115. The van der Waals surface area contributed by atoms with Crippen molar-refractivity contribution in [2.45, 2.75) is 19.9 Å². The zero-order valence-electron chi connectivity index (χ0n) is 12.6. The first kappa shape index (κ1) is 14.2. The third-order valence-electron chi connectivity index (χ3n) is 3.46. The van der Waals surface area contributed by atoms with Gasteiger partial charge in [-0.1, -0.05) is 59.3 Å². The molecule has 1 unspecified atom stereocenters. The standard InChI is InChI=1S/C18H17N3O/c1-13(2)12-17(18(22)14-8-4-3-5-9-14)21-16-11-7-6-10-15(16)19-20-21/h3-12,17H,1-2H3. The highest BCUT2D eigenvalue weighted by Gasteiger charge is 2.22. The molecule has 110 valence electrons. The number of para-hydroxylation sites is 1. The first-order valence-electron chi connectivity index (χ1n) is 7.21. The number of nitrogens with zero attached hydrogens (tertiary/aromatic N) is 3. The van der Waals surface area contributed by atoms with E-state index < -0.39 is 6.04 Å². The summed E-state index contributed by atoms with van der Waals surface area (Å²) in [7, 11) is 0. The van der Waals surface area contributed by atoms with Crippen LogP contribution in [0.3, 0.4) is 0 Å². The average molecular weight is 291 g/mol. The Hall–Kier alpha value is -2.75. The minimum atomic E-state index is -0.486. The van der Waals surface area contributed by atoms with Crippen molar-refractivity contribution in [2.75, 3.05) is 0 Å². The predicted octanol–water partition coefficient (Wildman–Crippen LogP) is 3.82.